The van der Waals surface area contributed by atoms with E-state index in [9.17, 15) is 14.2 Å². The topological polar surface area (TPSA) is 138 Å². The first-order chi connectivity index (χ1) is 10.2. The quantitative estimate of drug-likeness (QED) is 0.812. The molecule has 0 bridgehead atoms. The highest BCUT2D eigenvalue weighted by atomic mass is 19.1. The molecule has 0 spiro atoms. The molecule has 0 radical (unpaired) electrons. The highest BCUT2D eigenvalue weighted by molar-refractivity contribution is 5.81. The predicted octanol–water partition coefficient (Wildman–Crippen LogP) is 0.545. The van der Waals surface area contributed by atoms with Gasteiger partial charge in [0, 0.05) is 0 Å². The zero-order valence-corrected chi connectivity index (χ0v) is 10.5. The Bertz CT molecular complexity index is 692. The SMILES string of the molecule is Nc1ncnc2c1ncn2[C@@H]1O[C@H](CF)C(N=O)[C@@H]1N=O. The van der Waals surface area contributed by atoms with Gasteiger partial charge in [0.15, 0.2) is 29.8 Å². The number of imidazole rings is 1. The van der Waals surface area contributed by atoms with Crippen molar-refractivity contribution in [3.8, 4) is 0 Å². The lowest BCUT2D eigenvalue weighted by atomic mass is 10.1. The molecule has 3 rings (SSSR count). The summed E-state index contributed by atoms with van der Waals surface area (Å²) < 4.78 is 19.6. The third-order valence-electron chi connectivity index (χ3n) is 3.39. The van der Waals surface area contributed by atoms with Crippen LogP contribution in [0.5, 0.6) is 0 Å². The van der Waals surface area contributed by atoms with Crippen molar-refractivity contribution in [3.63, 3.8) is 0 Å². The molecule has 2 aromatic heterocycles. The molecule has 0 saturated carbocycles. The van der Waals surface area contributed by atoms with E-state index in [1.807, 2.05) is 0 Å². The standard InChI is InChI=1S/C10H10FN7O3/c11-1-4-5(16-19)6(17-20)10(21-4)18-3-15-7-8(12)13-2-14-9(7)18/h2-6,10H,1H2,(H2,12,13,14)/t4-,5?,6+,10-/m1/s1. The molecule has 11 heteroatoms. The summed E-state index contributed by atoms with van der Waals surface area (Å²) in [5.74, 6) is 0.152. The molecular formula is C10H10FN7O3. The van der Waals surface area contributed by atoms with Gasteiger partial charge in [0.2, 0.25) is 0 Å². The molecule has 2 aromatic rings. The van der Waals surface area contributed by atoms with Gasteiger partial charge < -0.3 is 10.5 Å². The van der Waals surface area contributed by atoms with Gasteiger partial charge in [0.1, 0.15) is 24.6 Å². The summed E-state index contributed by atoms with van der Waals surface area (Å²) >= 11 is 0. The van der Waals surface area contributed by atoms with Crippen molar-refractivity contribution in [3.05, 3.63) is 22.5 Å². The van der Waals surface area contributed by atoms with Crippen LogP contribution in [0.1, 0.15) is 6.23 Å². The number of rotatable bonds is 4. The van der Waals surface area contributed by atoms with Crippen LogP contribution in [0.3, 0.4) is 0 Å². The first-order valence-electron chi connectivity index (χ1n) is 6.00. The van der Waals surface area contributed by atoms with Gasteiger partial charge in [-0.15, -0.1) is 0 Å². The van der Waals surface area contributed by atoms with E-state index in [0.29, 0.717) is 11.2 Å². The van der Waals surface area contributed by atoms with Crippen LogP contribution in [-0.2, 0) is 4.74 Å². The number of alkyl halides is 1. The van der Waals surface area contributed by atoms with Crippen LogP contribution < -0.4 is 5.73 Å². The molecule has 2 N–H and O–H groups in total. The van der Waals surface area contributed by atoms with Gasteiger partial charge in [0.25, 0.3) is 0 Å². The van der Waals surface area contributed by atoms with E-state index in [2.05, 4.69) is 25.3 Å². The number of hydrogen-bond donors (Lipinski definition) is 1. The van der Waals surface area contributed by atoms with Crippen molar-refractivity contribution in [2.45, 2.75) is 24.4 Å². The zero-order chi connectivity index (χ0) is 15.0. The number of halogens is 1. The fourth-order valence-corrected chi connectivity index (χ4v) is 2.39. The fraction of sp³-hybridized carbons (Fsp3) is 0.500. The van der Waals surface area contributed by atoms with Crippen LogP contribution in [0.25, 0.3) is 11.2 Å². The molecule has 10 nitrogen and oxygen atoms in total. The molecule has 3 heterocycles. The number of nitroso groups, excluding NO2 is 2. The monoisotopic (exact) mass is 295 g/mol. The van der Waals surface area contributed by atoms with Crippen molar-refractivity contribution in [2.75, 3.05) is 12.4 Å². The highest BCUT2D eigenvalue weighted by Gasteiger charge is 2.48. The molecule has 1 unspecified atom stereocenters. The molecule has 0 aromatic carbocycles. The zero-order valence-electron chi connectivity index (χ0n) is 10.5. The smallest absolute Gasteiger partial charge is 0.167 e. The molecule has 21 heavy (non-hydrogen) atoms. The van der Waals surface area contributed by atoms with Gasteiger partial charge in [-0.2, -0.15) is 9.81 Å². The Labute approximate surface area is 116 Å². The largest absolute Gasteiger partial charge is 0.382 e. The molecule has 1 saturated heterocycles. The predicted molar refractivity (Wildman–Crippen MR) is 68.8 cm³/mol. The second-order valence-electron chi connectivity index (χ2n) is 4.49. The van der Waals surface area contributed by atoms with Crippen molar-refractivity contribution < 1.29 is 9.13 Å². The Balaban J connectivity index is 2.07. The number of ether oxygens (including phenoxy) is 1. The maximum Gasteiger partial charge on any atom is 0.167 e. The third-order valence-corrected chi connectivity index (χ3v) is 3.39. The lowest BCUT2D eigenvalue weighted by Gasteiger charge is -2.15. The Morgan fingerprint density at radius 1 is 1.29 bits per heavy atom. The Morgan fingerprint density at radius 2 is 2.05 bits per heavy atom. The summed E-state index contributed by atoms with van der Waals surface area (Å²) in [6, 6.07) is -2.37. The van der Waals surface area contributed by atoms with E-state index in [-0.39, 0.29) is 5.82 Å². The van der Waals surface area contributed by atoms with Crippen LogP contribution in [0, 0.1) is 9.81 Å². The van der Waals surface area contributed by atoms with Gasteiger partial charge >= 0.3 is 0 Å². The summed E-state index contributed by atoms with van der Waals surface area (Å²) in [5, 5.41) is 5.60. The van der Waals surface area contributed by atoms with Crippen LogP contribution in [-0.4, -0.2) is 44.4 Å². The number of nitrogens with zero attached hydrogens (tertiary/aromatic N) is 6. The van der Waals surface area contributed by atoms with E-state index in [1.165, 1.54) is 17.2 Å². The number of hydrogen-bond acceptors (Lipinski definition) is 9. The molecule has 0 aliphatic carbocycles. The average molecular weight is 295 g/mol. The molecule has 1 fully saturated rings. The maximum absolute atomic E-state index is 12.9. The van der Waals surface area contributed by atoms with Gasteiger partial charge in [-0.25, -0.2) is 19.3 Å². The van der Waals surface area contributed by atoms with Crippen molar-refractivity contribution in [1.29, 1.82) is 0 Å². The molecule has 1 aliphatic heterocycles. The number of nitrogens with two attached hydrogens (primary N) is 1. The van der Waals surface area contributed by atoms with Crippen LogP contribution in [0.15, 0.2) is 23.0 Å². The first kappa shape index (κ1) is 13.4. The molecule has 1 aliphatic rings. The second-order valence-corrected chi connectivity index (χ2v) is 4.49. The summed E-state index contributed by atoms with van der Waals surface area (Å²) in [5.41, 5.74) is 6.27. The Morgan fingerprint density at radius 3 is 2.71 bits per heavy atom. The highest BCUT2D eigenvalue weighted by Crippen LogP contribution is 2.35. The number of fused-ring (bicyclic) bond motifs is 1. The van der Waals surface area contributed by atoms with E-state index < -0.39 is 31.1 Å². The summed E-state index contributed by atoms with van der Waals surface area (Å²) in [6.07, 6.45) is 0.383. The average Bonchev–Trinajstić information content (AvgIpc) is 3.07. The van der Waals surface area contributed by atoms with Crippen LogP contribution in [0.4, 0.5) is 10.2 Å². The minimum Gasteiger partial charge on any atom is -0.382 e. The second kappa shape index (κ2) is 5.09. The lowest BCUT2D eigenvalue weighted by Crippen LogP contribution is -2.29. The van der Waals surface area contributed by atoms with E-state index in [1.54, 1.807) is 0 Å². The summed E-state index contributed by atoms with van der Waals surface area (Å²) in [7, 11) is 0. The first-order valence-corrected chi connectivity index (χ1v) is 6.00. The molecule has 4 atom stereocenters. The van der Waals surface area contributed by atoms with E-state index in [4.69, 9.17) is 10.5 Å². The summed E-state index contributed by atoms with van der Waals surface area (Å²) in [4.78, 5) is 33.6. The van der Waals surface area contributed by atoms with Crippen molar-refractivity contribution in [2.24, 2.45) is 10.4 Å². The fourth-order valence-electron chi connectivity index (χ4n) is 2.39. The Hall–Kier alpha value is -2.56. The van der Waals surface area contributed by atoms with E-state index in [0.717, 1.165) is 0 Å². The summed E-state index contributed by atoms with van der Waals surface area (Å²) in [6.45, 7) is -0.956. The lowest BCUT2D eigenvalue weighted by molar-refractivity contribution is -0.0119. The van der Waals surface area contributed by atoms with Crippen LogP contribution in [0.2, 0.25) is 0 Å². The van der Waals surface area contributed by atoms with Crippen molar-refractivity contribution >= 4 is 17.0 Å². The van der Waals surface area contributed by atoms with Gasteiger partial charge in [-0.3, -0.25) is 4.57 Å². The number of aromatic nitrogens is 4. The van der Waals surface area contributed by atoms with Crippen LogP contribution >= 0.6 is 0 Å². The molecule has 110 valence electrons. The minimum absolute atomic E-state index is 0.152. The Kier molecular flexibility index (Phi) is 3.25. The van der Waals surface area contributed by atoms with Gasteiger partial charge in [-0.05, 0) is 0 Å². The minimum atomic E-state index is -1.20. The maximum atomic E-state index is 12.9. The van der Waals surface area contributed by atoms with Gasteiger partial charge in [0.05, 0.1) is 6.33 Å². The normalized spacial score (nSPS) is 28.8. The third kappa shape index (κ3) is 1.93. The van der Waals surface area contributed by atoms with Crippen molar-refractivity contribution in [1.82, 2.24) is 19.5 Å². The number of nitrogen functional groups attached to an aromatic ring is 1. The molecule has 0 amide bonds. The molecular weight excluding hydrogens is 285 g/mol. The van der Waals surface area contributed by atoms with E-state index >= 15 is 0 Å². The van der Waals surface area contributed by atoms with Gasteiger partial charge in [-0.1, -0.05) is 10.4 Å². The number of anilines is 1.